The Morgan fingerprint density at radius 3 is 2.67 bits per heavy atom. The normalized spacial score (nSPS) is 10.4. The van der Waals surface area contributed by atoms with Crippen LogP contribution in [0.1, 0.15) is 5.56 Å². The molecule has 0 saturated carbocycles. The van der Waals surface area contributed by atoms with E-state index in [-0.39, 0.29) is 5.82 Å². The van der Waals surface area contributed by atoms with Crippen LogP contribution in [0.3, 0.4) is 0 Å². The van der Waals surface area contributed by atoms with Crippen molar-refractivity contribution in [1.82, 2.24) is 9.78 Å². The molecule has 0 fully saturated rings. The molecule has 0 aliphatic carbocycles. The molecule has 0 saturated heterocycles. The first-order valence-electron chi connectivity index (χ1n) is 7.20. The lowest BCUT2D eigenvalue weighted by Gasteiger charge is -2.08. The van der Waals surface area contributed by atoms with Gasteiger partial charge < -0.3 is 10.6 Å². The Morgan fingerprint density at radius 1 is 1.12 bits per heavy atom. The summed E-state index contributed by atoms with van der Waals surface area (Å²) in [5.74, 6) is 0.166. The van der Waals surface area contributed by atoms with E-state index in [4.69, 9.17) is 23.8 Å². The van der Waals surface area contributed by atoms with Crippen LogP contribution in [0.2, 0.25) is 5.02 Å². The molecule has 4 nitrogen and oxygen atoms in total. The van der Waals surface area contributed by atoms with Crippen LogP contribution in [0, 0.1) is 5.82 Å². The number of nitrogens with zero attached hydrogens (tertiary/aromatic N) is 2. The van der Waals surface area contributed by atoms with E-state index in [0.717, 1.165) is 11.3 Å². The van der Waals surface area contributed by atoms with Crippen molar-refractivity contribution in [3.63, 3.8) is 0 Å². The van der Waals surface area contributed by atoms with Gasteiger partial charge in [-0.05, 0) is 42.0 Å². The van der Waals surface area contributed by atoms with Crippen molar-refractivity contribution in [2.75, 3.05) is 10.6 Å². The molecular weight excluding hydrogens is 347 g/mol. The van der Waals surface area contributed by atoms with Crippen molar-refractivity contribution in [2.45, 2.75) is 6.54 Å². The summed E-state index contributed by atoms with van der Waals surface area (Å²) in [4.78, 5) is 0. The van der Waals surface area contributed by atoms with Gasteiger partial charge in [0.15, 0.2) is 10.9 Å². The van der Waals surface area contributed by atoms with Crippen LogP contribution >= 0.6 is 23.8 Å². The highest BCUT2D eigenvalue weighted by Gasteiger charge is 2.09. The fraction of sp³-hybridized carbons (Fsp3) is 0.0588. The van der Waals surface area contributed by atoms with E-state index < -0.39 is 0 Å². The number of rotatable bonds is 4. The van der Waals surface area contributed by atoms with Gasteiger partial charge in [-0.15, -0.1) is 0 Å². The topological polar surface area (TPSA) is 41.9 Å². The van der Waals surface area contributed by atoms with E-state index in [2.05, 4.69) is 15.7 Å². The third-order valence-corrected chi connectivity index (χ3v) is 3.69. The van der Waals surface area contributed by atoms with E-state index in [1.54, 1.807) is 16.9 Å². The summed E-state index contributed by atoms with van der Waals surface area (Å²) in [6.45, 7) is 0.415. The van der Waals surface area contributed by atoms with Crippen molar-refractivity contribution in [3.8, 4) is 0 Å². The van der Waals surface area contributed by atoms with Gasteiger partial charge in [0.2, 0.25) is 0 Å². The highest BCUT2D eigenvalue weighted by atomic mass is 35.5. The Kier molecular flexibility index (Phi) is 5.08. The van der Waals surface area contributed by atoms with Gasteiger partial charge in [0.1, 0.15) is 10.8 Å². The summed E-state index contributed by atoms with van der Waals surface area (Å²) >= 11 is 11.4. The summed E-state index contributed by atoms with van der Waals surface area (Å²) in [7, 11) is 0. The lowest BCUT2D eigenvalue weighted by Crippen LogP contribution is -2.19. The predicted molar refractivity (Wildman–Crippen MR) is 99.0 cm³/mol. The van der Waals surface area contributed by atoms with Gasteiger partial charge in [-0.25, -0.2) is 4.39 Å². The second-order valence-corrected chi connectivity index (χ2v) is 5.91. The summed E-state index contributed by atoms with van der Waals surface area (Å²) < 4.78 is 14.9. The van der Waals surface area contributed by atoms with E-state index in [1.165, 1.54) is 12.1 Å². The van der Waals surface area contributed by atoms with Gasteiger partial charge in [0.05, 0.1) is 6.54 Å². The van der Waals surface area contributed by atoms with Crippen molar-refractivity contribution >= 4 is 40.4 Å². The second-order valence-electron chi connectivity index (χ2n) is 5.10. The molecule has 0 radical (unpaired) electrons. The molecule has 0 spiro atoms. The Labute approximate surface area is 149 Å². The maximum Gasteiger partial charge on any atom is 0.176 e. The fourth-order valence-corrected chi connectivity index (χ4v) is 2.59. The summed E-state index contributed by atoms with van der Waals surface area (Å²) in [6, 6.07) is 15.9. The summed E-state index contributed by atoms with van der Waals surface area (Å²) in [6.07, 6.45) is 1.67. The molecular formula is C17H14ClFN4S. The maximum atomic E-state index is 13.2. The number of para-hydroxylation sites is 1. The molecule has 3 aromatic rings. The Hall–Kier alpha value is -2.44. The monoisotopic (exact) mass is 360 g/mol. The van der Waals surface area contributed by atoms with E-state index in [0.29, 0.717) is 22.5 Å². The number of hydrogen-bond donors (Lipinski definition) is 2. The predicted octanol–water partition coefficient (Wildman–Crippen LogP) is 4.53. The number of thiocarbonyl (C=S) groups is 1. The molecule has 3 rings (SSSR count). The molecule has 1 heterocycles. The van der Waals surface area contributed by atoms with Crippen LogP contribution in [0.15, 0.2) is 60.8 Å². The number of benzene rings is 2. The molecule has 2 N–H and O–H groups in total. The van der Waals surface area contributed by atoms with Gasteiger partial charge in [-0.1, -0.05) is 41.9 Å². The van der Waals surface area contributed by atoms with Crippen molar-refractivity contribution < 1.29 is 4.39 Å². The average molecular weight is 361 g/mol. The Bertz CT molecular complexity index is 851. The van der Waals surface area contributed by atoms with Gasteiger partial charge in [-0.2, -0.15) is 5.10 Å². The largest absolute Gasteiger partial charge is 0.332 e. The van der Waals surface area contributed by atoms with Crippen molar-refractivity contribution in [2.24, 2.45) is 0 Å². The van der Waals surface area contributed by atoms with Gasteiger partial charge >= 0.3 is 0 Å². The van der Waals surface area contributed by atoms with Crippen LogP contribution in [0.4, 0.5) is 15.9 Å². The van der Waals surface area contributed by atoms with E-state index in [1.807, 2.05) is 36.4 Å². The minimum absolute atomic E-state index is 0.280. The molecule has 0 amide bonds. The van der Waals surface area contributed by atoms with Crippen LogP contribution in [-0.2, 0) is 6.54 Å². The molecule has 122 valence electrons. The maximum absolute atomic E-state index is 13.2. The molecule has 2 aromatic carbocycles. The second kappa shape index (κ2) is 7.42. The Balaban J connectivity index is 1.66. The summed E-state index contributed by atoms with van der Waals surface area (Å²) in [5, 5.41) is 11.2. The summed E-state index contributed by atoms with van der Waals surface area (Å²) in [5.41, 5.74) is 1.66. The van der Waals surface area contributed by atoms with Crippen LogP contribution < -0.4 is 10.6 Å². The minimum Gasteiger partial charge on any atom is -0.332 e. The minimum atomic E-state index is -0.280. The first-order chi connectivity index (χ1) is 11.6. The van der Waals surface area contributed by atoms with Crippen LogP contribution in [0.25, 0.3) is 0 Å². The van der Waals surface area contributed by atoms with Crippen molar-refractivity contribution in [3.05, 3.63) is 77.2 Å². The highest BCUT2D eigenvalue weighted by molar-refractivity contribution is 7.80. The number of hydrogen-bond acceptors (Lipinski definition) is 2. The SMILES string of the molecule is Fc1cccc(Cn2cc(Cl)c(NC(=S)Nc3ccccc3)n2)c1. The zero-order chi connectivity index (χ0) is 16.9. The number of aromatic nitrogens is 2. The van der Waals surface area contributed by atoms with E-state index >= 15 is 0 Å². The smallest absolute Gasteiger partial charge is 0.176 e. The fourth-order valence-electron chi connectivity index (χ4n) is 2.18. The third kappa shape index (κ3) is 4.31. The van der Waals surface area contributed by atoms with Gasteiger partial charge in [0, 0.05) is 11.9 Å². The molecule has 0 aliphatic rings. The lowest BCUT2D eigenvalue weighted by atomic mass is 10.2. The third-order valence-electron chi connectivity index (χ3n) is 3.21. The number of anilines is 2. The molecule has 0 aliphatic heterocycles. The molecule has 0 bridgehead atoms. The first kappa shape index (κ1) is 16.4. The average Bonchev–Trinajstić information content (AvgIpc) is 2.87. The molecule has 24 heavy (non-hydrogen) atoms. The molecule has 1 aromatic heterocycles. The number of halogens is 2. The molecule has 0 unspecified atom stereocenters. The molecule has 7 heteroatoms. The van der Waals surface area contributed by atoms with Crippen molar-refractivity contribution in [1.29, 1.82) is 0 Å². The van der Waals surface area contributed by atoms with Crippen LogP contribution in [-0.4, -0.2) is 14.9 Å². The lowest BCUT2D eigenvalue weighted by molar-refractivity contribution is 0.619. The standard InChI is InChI=1S/C17H14ClFN4S/c18-15-11-23(10-12-5-4-6-13(19)9-12)22-16(15)21-17(24)20-14-7-2-1-3-8-14/h1-9,11H,10H2,(H2,20,21,22,24). The highest BCUT2D eigenvalue weighted by Crippen LogP contribution is 2.20. The van der Waals surface area contributed by atoms with E-state index in [9.17, 15) is 4.39 Å². The number of nitrogens with one attached hydrogen (secondary N) is 2. The van der Waals surface area contributed by atoms with Crippen LogP contribution in [0.5, 0.6) is 0 Å². The zero-order valence-electron chi connectivity index (χ0n) is 12.5. The van der Waals surface area contributed by atoms with Gasteiger partial charge in [0.25, 0.3) is 0 Å². The quantitative estimate of drug-likeness (QED) is 0.671. The molecule has 0 atom stereocenters. The van der Waals surface area contributed by atoms with Gasteiger partial charge in [-0.3, -0.25) is 4.68 Å². The Morgan fingerprint density at radius 2 is 1.92 bits per heavy atom. The zero-order valence-corrected chi connectivity index (χ0v) is 14.1. The first-order valence-corrected chi connectivity index (χ1v) is 7.99.